The highest BCUT2D eigenvalue weighted by Gasteiger charge is 2.29. The van der Waals surface area contributed by atoms with Crippen LogP contribution in [0.25, 0.3) is 11.3 Å². The molecule has 0 spiro atoms. The Kier molecular flexibility index (Phi) is 6.12. The Morgan fingerprint density at radius 1 is 0.938 bits per heavy atom. The maximum absolute atomic E-state index is 14.0. The molecule has 0 amide bonds. The van der Waals surface area contributed by atoms with Gasteiger partial charge in [-0.05, 0) is 49.7 Å². The Morgan fingerprint density at radius 2 is 1.69 bits per heavy atom. The second kappa shape index (κ2) is 8.84. The first kappa shape index (κ1) is 22.2. The molecular formula is C23H25FN4O3S. The van der Waals surface area contributed by atoms with E-state index in [4.69, 9.17) is 4.74 Å². The average Bonchev–Trinajstić information content (AvgIpc) is 2.79. The molecule has 0 atom stereocenters. The van der Waals surface area contributed by atoms with Crippen molar-refractivity contribution in [2.75, 3.05) is 38.2 Å². The minimum absolute atomic E-state index is 0.0108. The molecule has 0 aliphatic carbocycles. The summed E-state index contributed by atoms with van der Waals surface area (Å²) in [5, 5.41) is 8.74. The molecule has 7 nitrogen and oxygen atoms in total. The predicted molar refractivity (Wildman–Crippen MR) is 121 cm³/mol. The number of methoxy groups -OCH3 is 1. The Labute approximate surface area is 187 Å². The van der Waals surface area contributed by atoms with Crippen molar-refractivity contribution in [2.24, 2.45) is 0 Å². The number of ether oxygens (including phenoxy) is 1. The molecule has 0 unspecified atom stereocenters. The topological polar surface area (TPSA) is 75.6 Å². The maximum atomic E-state index is 14.0. The first-order valence-corrected chi connectivity index (χ1v) is 11.7. The lowest BCUT2D eigenvalue weighted by molar-refractivity contribution is 0.379. The lowest BCUT2D eigenvalue weighted by Crippen LogP contribution is -2.49. The molecule has 1 aromatic heterocycles. The van der Waals surface area contributed by atoms with Gasteiger partial charge in [0.1, 0.15) is 0 Å². The monoisotopic (exact) mass is 456 g/mol. The number of hydrogen-bond donors (Lipinski definition) is 0. The van der Waals surface area contributed by atoms with Crippen LogP contribution >= 0.6 is 0 Å². The van der Waals surface area contributed by atoms with Crippen LogP contribution in [0.15, 0.2) is 53.4 Å². The zero-order valence-corrected chi connectivity index (χ0v) is 19.1. The highest BCUT2D eigenvalue weighted by molar-refractivity contribution is 7.89. The zero-order valence-electron chi connectivity index (χ0n) is 18.2. The molecular weight excluding hydrogens is 431 g/mol. The van der Waals surface area contributed by atoms with Crippen molar-refractivity contribution in [3.8, 4) is 17.0 Å². The van der Waals surface area contributed by atoms with Crippen LogP contribution in [0.4, 0.5) is 10.2 Å². The third-order valence-electron chi connectivity index (χ3n) is 5.63. The Hall–Kier alpha value is -3.04. The van der Waals surface area contributed by atoms with Crippen molar-refractivity contribution >= 4 is 15.8 Å². The number of hydrogen-bond acceptors (Lipinski definition) is 6. The van der Waals surface area contributed by atoms with E-state index in [9.17, 15) is 12.8 Å². The smallest absolute Gasteiger partial charge is 0.243 e. The summed E-state index contributed by atoms with van der Waals surface area (Å²) in [5.41, 5.74) is 4.17. The molecule has 1 fully saturated rings. The van der Waals surface area contributed by atoms with E-state index in [1.165, 1.54) is 29.1 Å². The van der Waals surface area contributed by atoms with Gasteiger partial charge in [-0.25, -0.2) is 12.8 Å². The number of sulfonamides is 1. The summed E-state index contributed by atoms with van der Waals surface area (Å²) in [5.74, 6) is 0.00839. The van der Waals surface area contributed by atoms with Crippen LogP contribution < -0.4 is 9.64 Å². The molecule has 0 bridgehead atoms. The van der Waals surface area contributed by atoms with Gasteiger partial charge in [-0.15, -0.1) is 10.2 Å². The largest absolute Gasteiger partial charge is 0.494 e. The van der Waals surface area contributed by atoms with E-state index < -0.39 is 15.8 Å². The SMILES string of the molecule is COc1ccc(S(=O)(=O)N2CCN(c3ccc(-c4ccc(C)cc4C)nn3)CC2)cc1F. The van der Waals surface area contributed by atoms with E-state index in [0.29, 0.717) is 18.9 Å². The average molecular weight is 457 g/mol. The van der Waals surface area contributed by atoms with Crippen LogP contribution in [0.3, 0.4) is 0 Å². The summed E-state index contributed by atoms with van der Waals surface area (Å²) in [4.78, 5) is 1.92. The van der Waals surface area contributed by atoms with Gasteiger partial charge in [-0.2, -0.15) is 4.31 Å². The Balaban J connectivity index is 1.45. The second-order valence-electron chi connectivity index (χ2n) is 7.78. The van der Waals surface area contributed by atoms with Crippen molar-refractivity contribution in [1.29, 1.82) is 0 Å². The van der Waals surface area contributed by atoms with Gasteiger partial charge in [0.05, 0.1) is 17.7 Å². The summed E-state index contributed by atoms with van der Waals surface area (Å²) in [6, 6.07) is 13.7. The van der Waals surface area contributed by atoms with Gasteiger partial charge < -0.3 is 9.64 Å². The van der Waals surface area contributed by atoms with Gasteiger partial charge in [0, 0.05) is 31.7 Å². The molecule has 1 saturated heterocycles. The first-order chi connectivity index (χ1) is 15.3. The molecule has 4 rings (SSSR count). The number of halogens is 1. The normalized spacial score (nSPS) is 15.1. The van der Waals surface area contributed by atoms with Crippen molar-refractivity contribution in [3.63, 3.8) is 0 Å². The Bertz CT molecular complexity index is 1220. The van der Waals surface area contributed by atoms with E-state index in [2.05, 4.69) is 23.2 Å². The number of benzene rings is 2. The minimum Gasteiger partial charge on any atom is -0.494 e. The number of anilines is 1. The van der Waals surface area contributed by atoms with Crippen molar-refractivity contribution in [1.82, 2.24) is 14.5 Å². The second-order valence-corrected chi connectivity index (χ2v) is 9.72. The van der Waals surface area contributed by atoms with Gasteiger partial charge in [0.2, 0.25) is 10.0 Å². The fraction of sp³-hybridized carbons (Fsp3) is 0.304. The molecule has 9 heteroatoms. The zero-order chi connectivity index (χ0) is 22.9. The van der Waals surface area contributed by atoms with Crippen molar-refractivity contribution in [2.45, 2.75) is 18.7 Å². The van der Waals surface area contributed by atoms with Crippen LogP contribution in [-0.4, -0.2) is 56.2 Å². The minimum atomic E-state index is -3.79. The van der Waals surface area contributed by atoms with E-state index >= 15 is 0 Å². The molecule has 2 heterocycles. The van der Waals surface area contributed by atoms with Crippen LogP contribution in [-0.2, 0) is 10.0 Å². The predicted octanol–water partition coefficient (Wildman–Crippen LogP) is 3.42. The molecule has 168 valence electrons. The van der Waals surface area contributed by atoms with E-state index in [0.717, 1.165) is 22.9 Å². The molecule has 1 aliphatic heterocycles. The highest BCUT2D eigenvalue weighted by Crippen LogP contribution is 2.26. The maximum Gasteiger partial charge on any atom is 0.243 e. The van der Waals surface area contributed by atoms with E-state index in [1.54, 1.807) is 0 Å². The molecule has 0 radical (unpaired) electrons. The van der Waals surface area contributed by atoms with Crippen molar-refractivity contribution < 1.29 is 17.5 Å². The van der Waals surface area contributed by atoms with Gasteiger partial charge in [-0.1, -0.05) is 23.8 Å². The van der Waals surface area contributed by atoms with E-state index in [1.807, 2.05) is 36.1 Å². The molecule has 1 aliphatic rings. The summed E-state index contributed by atoms with van der Waals surface area (Å²) in [6.07, 6.45) is 0. The summed E-state index contributed by atoms with van der Waals surface area (Å²) < 4.78 is 46.1. The lowest BCUT2D eigenvalue weighted by atomic mass is 10.0. The fourth-order valence-corrected chi connectivity index (χ4v) is 5.29. The number of aromatic nitrogens is 2. The summed E-state index contributed by atoms with van der Waals surface area (Å²) in [6.45, 7) is 5.58. The van der Waals surface area contributed by atoms with Crippen LogP contribution in [0.1, 0.15) is 11.1 Å². The van der Waals surface area contributed by atoms with Gasteiger partial charge >= 0.3 is 0 Å². The fourth-order valence-electron chi connectivity index (χ4n) is 3.85. The van der Waals surface area contributed by atoms with Gasteiger partial charge in [-0.3, -0.25) is 0 Å². The van der Waals surface area contributed by atoms with E-state index in [-0.39, 0.29) is 23.7 Å². The van der Waals surface area contributed by atoms with Crippen LogP contribution in [0.5, 0.6) is 5.75 Å². The lowest BCUT2D eigenvalue weighted by Gasteiger charge is -2.34. The summed E-state index contributed by atoms with van der Waals surface area (Å²) >= 11 is 0. The van der Waals surface area contributed by atoms with Crippen molar-refractivity contribution in [3.05, 3.63) is 65.5 Å². The quantitative estimate of drug-likeness (QED) is 0.586. The third kappa shape index (κ3) is 4.31. The molecule has 2 aromatic carbocycles. The number of nitrogens with zero attached hydrogens (tertiary/aromatic N) is 4. The van der Waals surface area contributed by atoms with Crippen LogP contribution in [0.2, 0.25) is 0 Å². The number of aryl methyl sites for hydroxylation is 2. The molecule has 0 N–H and O–H groups in total. The first-order valence-electron chi connectivity index (χ1n) is 10.3. The molecule has 3 aromatic rings. The van der Waals surface area contributed by atoms with Crippen LogP contribution in [0, 0.1) is 19.7 Å². The number of piperazine rings is 1. The Morgan fingerprint density at radius 3 is 2.28 bits per heavy atom. The molecule has 32 heavy (non-hydrogen) atoms. The van der Waals surface area contributed by atoms with Gasteiger partial charge in [0.15, 0.2) is 17.4 Å². The number of rotatable bonds is 5. The molecule has 0 saturated carbocycles. The summed E-state index contributed by atoms with van der Waals surface area (Å²) in [7, 11) is -2.45. The van der Waals surface area contributed by atoms with Gasteiger partial charge in [0.25, 0.3) is 0 Å². The standard InChI is InChI=1S/C23H25FN4O3S/c1-16-4-6-19(17(2)14-16)21-7-9-23(26-25-21)27-10-12-28(13-11-27)32(29,30)18-5-8-22(31-3)20(24)15-18/h4-9,14-15H,10-13H2,1-3H3. The third-order valence-corrected chi connectivity index (χ3v) is 7.53. The highest BCUT2D eigenvalue weighted by atomic mass is 32.2.